The summed E-state index contributed by atoms with van der Waals surface area (Å²) in [5.41, 5.74) is 7.56. The highest BCUT2D eigenvalue weighted by Gasteiger charge is 2.21. The van der Waals surface area contributed by atoms with Gasteiger partial charge in [-0.1, -0.05) is 43.8 Å². The molecule has 1 saturated heterocycles. The van der Waals surface area contributed by atoms with Crippen LogP contribution in [0.15, 0.2) is 74.3 Å². The van der Waals surface area contributed by atoms with Crippen LogP contribution in [0.3, 0.4) is 0 Å². The number of nitrogens with zero attached hydrogens (tertiary/aromatic N) is 5. The number of rotatable bonds is 9. The van der Waals surface area contributed by atoms with Crippen LogP contribution in [-0.4, -0.2) is 72.1 Å². The van der Waals surface area contributed by atoms with Gasteiger partial charge in [0.15, 0.2) is 21.6 Å². The summed E-state index contributed by atoms with van der Waals surface area (Å²) in [5.74, 6) is 2.55. The number of ether oxygens (including phenoxy) is 1. The van der Waals surface area contributed by atoms with E-state index in [1.807, 2.05) is 63.2 Å². The Labute approximate surface area is 249 Å². The van der Waals surface area contributed by atoms with Gasteiger partial charge in [-0.3, -0.25) is 0 Å². The maximum absolute atomic E-state index is 11.6. The van der Waals surface area contributed by atoms with Crippen LogP contribution in [0.25, 0.3) is 10.9 Å². The third-order valence-electron chi connectivity index (χ3n) is 6.69. The van der Waals surface area contributed by atoms with E-state index < -0.39 is 9.84 Å². The van der Waals surface area contributed by atoms with Crippen molar-refractivity contribution in [2.24, 2.45) is 10.7 Å². The highest BCUT2D eigenvalue weighted by molar-refractivity contribution is 7.99. The molecule has 0 unspecified atom stereocenters. The van der Waals surface area contributed by atoms with Crippen molar-refractivity contribution in [2.75, 3.05) is 43.1 Å². The first-order chi connectivity index (χ1) is 20.0. The molecule has 42 heavy (non-hydrogen) atoms. The second-order valence-electron chi connectivity index (χ2n) is 11.1. The molecule has 0 atom stereocenters. The van der Waals surface area contributed by atoms with Gasteiger partial charge >= 0.3 is 0 Å². The summed E-state index contributed by atoms with van der Waals surface area (Å²) in [7, 11) is -2.87. The summed E-state index contributed by atoms with van der Waals surface area (Å²) in [6.07, 6.45) is 2.37. The Bertz CT molecular complexity index is 1670. The largest absolute Gasteiger partial charge is 0.494 e. The molecule has 0 bridgehead atoms. The molecule has 3 N–H and O–H groups in total. The normalized spacial score (nSPS) is 16.0. The number of nitrogens with one attached hydrogen (secondary N) is 1. The smallest absolute Gasteiger partial charge is 0.199 e. The second-order valence-corrected chi connectivity index (χ2v) is 14.5. The Morgan fingerprint density at radius 3 is 2.71 bits per heavy atom. The van der Waals surface area contributed by atoms with Gasteiger partial charge in [-0.25, -0.2) is 18.4 Å². The van der Waals surface area contributed by atoms with Crippen LogP contribution in [0, 0.1) is 0 Å². The van der Waals surface area contributed by atoms with E-state index in [9.17, 15) is 8.42 Å². The number of hydrogen-bond donors (Lipinski definition) is 2. The Hall–Kier alpha value is -3.68. The number of sulfone groups is 1. The quantitative estimate of drug-likeness (QED) is 0.118. The summed E-state index contributed by atoms with van der Waals surface area (Å²) < 4.78 is 34.7. The average Bonchev–Trinajstić information content (AvgIpc) is 3.41. The molecule has 3 heterocycles. The topological polar surface area (TPSA) is 149 Å². The van der Waals surface area contributed by atoms with Crippen molar-refractivity contribution in [3.05, 3.63) is 60.6 Å². The van der Waals surface area contributed by atoms with Crippen molar-refractivity contribution in [3.8, 4) is 5.75 Å². The lowest BCUT2D eigenvalue weighted by Gasteiger charge is -2.26. The molecule has 5 rings (SSSR count). The van der Waals surface area contributed by atoms with Crippen LogP contribution in [-0.2, 0) is 15.3 Å². The minimum absolute atomic E-state index is 0.172. The Morgan fingerprint density at radius 2 is 1.95 bits per heavy atom. The van der Waals surface area contributed by atoms with Crippen LogP contribution >= 0.6 is 11.8 Å². The molecule has 0 radical (unpaired) electrons. The SMILES string of the molecule is CC(C)(C)c1cc(N=C(N)Nc2cccc(Sc3ncnc4ccc(OCCCN5CCS(=O)(=O)CC5)cc34)c2)no1. The summed E-state index contributed by atoms with van der Waals surface area (Å²) in [4.78, 5) is 16.4. The summed E-state index contributed by atoms with van der Waals surface area (Å²) >= 11 is 1.51. The number of nitrogens with two attached hydrogens (primary N) is 1. The molecule has 0 spiro atoms. The minimum atomic E-state index is -2.87. The monoisotopic (exact) mass is 609 g/mol. The van der Waals surface area contributed by atoms with E-state index in [0.717, 1.165) is 51.0 Å². The first kappa shape index (κ1) is 29.8. The van der Waals surface area contributed by atoms with Gasteiger partial charge < -0.3 is 25.2 Å². The molecule has 0 aliphatic carbocycles. The predicted molar refractivity (Wildman–Crippen MR) is 165 cm³/mol. The van der Waals surface area contributed by atoms with Gasteiger partial charge in [0.25, 0.3) is 0 Å². The summed E-state index contributed by atoms with van der Waals surface area (Å²) in [5, 5.41) is 8.80. The van der Waals surface area contributed by atoms with E-state index in [4.69, 9.17) is 15.0 Å². The molecular weight excluding hydrogens is 574 g/mol. The average molecular weight is 610 g/mol. The molecule has 0 saturated carbocycles. The van der Waals surface area contributed by atoms with Crippen LogP contribution in [0.4, 0.5) is 11.5 Å². The number of aromatic nitrogens is 3. The molecule has 1 aliphatic heterocycles. The Balaban J connectivity index is 1.21. The standard InChI is InChI=1S/C29H35N7O4S2/c1-29(2,3)25-18-26(35-40-25)34-28(30)33-20-6-4-7-22(16-20)41-27-23-17-21(8-9-24(23)31-19-32-27)39-13-5-10-36-11-14-42(37,38)15-12-36/h4,6-9,16-19H,5,10-15H2,1-3H3,(H3,30,33,34,35). The molecule has 2 aromatic carbocycles. The third kappa shape index (κ3) is 7.99. The van der Waals surface area contributed by atoms with E-state index in [0.29, 0.717) is 25.5 Å². The van der Waals surface area contributed by atoms with Crippen LogP contribution in [0.5, 0.6) is 5.75 Å². The highest BCUT2D eigenvalue weighted by atomic mass is 32.2. The van der Waals surface area contributed by atoms with E-state index in [-0.39, 0.29) is 22.9 Å². The van der Waals surface area contributed by atoms with E-state index in [1.54, 1.807) is 12.4 Å². The van der Waals surface area contributed by atoms with Crippen LogP contribution in [0.2, 0.25) is 0 Å². The lowest BCUT2D eigenvalue weighted by atomic mass is 9.93. The zero-order valence-corrected chi connectivity index (χ0v) is 25.5. The maximum atomic E-state index is 11.6. The first-order valence-corrected chi connectivity index (χ1v) is 16.3. The fourth-order valence-corrected chi connectivity index (χ4v) is 6.56. The molecule has 13 heteroatoms. The van der Waals surface area contributed by atoms with Crippen molar-refractivity contribution >= 4 is 50.0 Å². The van der Waals surface area contributed by atoms with Gasteiger partial charge in [0.05, 0.1) is 23.6 Å². The first-order valence-electron chi connectivity index (χ1n) is 13.7. The summed E-state index contributed by atoms with van der Waals surface area (Å²) in [6.45, 7) is 8.64. The van der Waals surface area contributed by atoms with Gasteiger partial charge in [0.2, 0.25) is 0 Å². The van der Waals surface area contributed by atoms with Crippen molar-refractivity contribution in [1.29, 1.82) is 0 Å². The van der Waals surface area contributed by atoms with Gasteiger partial charge in [-0.2, -0.15) is 4.99 Å². The van der Waals surface area contributed by atoms with Crippen molar-refractivity contribution < 1.29 is 17.7 Å². The molecule has 222 valence electrons. The van der Waals surface area contributed by atoms with Gasteiger partial charge in [0.1, 0.15) is 22.9 Å². The van der Waals surface area contributed by atoms with Crippen molar-refractivity contribution in [3.63, 3.8) is 0 Å². The lowest BCUT2D eigenvalue weighted by Crippen LogP contribution is -2.40. The van der Waals surface area contributed by atoms with Gasteiger partial charge in [-0.15, -0.1) is 0 Å². The molecule has 0 amide bonds. The number of aliphatic imine (C=N–C) groups is 1. The Kier molecular flexibility index (Phi) is 8.99. The molecule has 4 aromatic rings. The Morgan fingerprint density at radius 1 is 1.14 bits per heavy atom. The molecule has 2 aromatic heterocycles. The van der Waals surface area contributed by atoms with Crippen LogP contribution < -0.4 is 15.8 Å². The van der Waals surface area contributed by atoms with E-state index in [2.05, 4.69) is 30.3 Å². The zero-order valence-electron chi connectivity index (χ0n) is 23.9. The minimum Gasteiger partial charge on any atom is -0.494 e. The number of benzene rings is 2. The molecule has 11 nitrogen and oxygen atoms in total. The van der Waals surface area contributed by atoms with Gasteiger partial charge in [-0.05, 0) is 42.8 Å². The molecular formula is C29H35N7O4S2. The van der Waals surface area contributed by atoms with Crippen molar-refractivity contribution in [2.45, 2.75) is 42.5 Å². The van der Waals surface area contributed by atoms with E-state index >= 15 is 0 Å². The maximum Gasteiger partial charge on any atom is 0.199 e. The predicted octanol–water partition coefficient (Wildman–Crippen LogP) is 4.62. The van der Waals surface area contributed by atoms with Crippen LogP contribution in [0.1, 0.15) is 33.0 Å². The second kappa shape index (κ2) is 12.7. The third-order valence-corrected chi connectivity index (χ3v) is 9.31. The number of anilines is 1. The molecule has 1 fully saturated rings. The summed E-state index contributed by atoms with van der Waals surface area (Å²) in [6, 6.07) is 15.4. The molecule has 1 aliphatic rings. The number of fused-ring (bicyclic) bond motifs is 1. The number of hydrogen-bond acceptors (Lipinski definition) is 10. The van der Waals surface area contributed by atoms with E-state index in [1.165, 1.54) is 11.8 Å². The van der Waals surface area contributed by atoms with Gasteiger partial charge in [0, 0.05) is 47.1 Å². The van der Waals surface area contributed by atoms with Crippen molar-refractivity contribution in [1.82, 2.24) is 20.0 Å². The zero-order chi connectivity index (χ0) is 29.7. The fraction of sp³-hybridized carbons (Fsp3) is 0.379. The highest BCUT2D eigenvalue weighted by Crippen LogP contribution is 2.34. The number of guanidine groups is 1. The lowest BCUT2D eigenvalue weighted by molar-refractivity contribution is 0.246. The fourth-order valence-electron chi connectivity index (χ4n) is 4.36.